The highest BCUT2D eigenvalue weighted by molar-refractivity contribution is 5.93. The van der Waals surface area contributed by atoms with Gasteiger partial charge >= 0.3 is 6.09 Å². The Labute approximate surface area is 129 Å². The van der Waals surface area contributed by atoms with Crippen LogP contribution in [0.4, 0.5) is 4.79 Å². The maximum absolute atomic E-state index is 12.0. The molecule has 0 aromatic carbocycles. The van der Waals surface area contributed by atoms with E-state index in [1.165, 1.54) is 18.3 Å². The molecule has 1 aromatic rings. The number of hydrogen-bond acceptors (Lipinski definition) is 4. The molecule has 0 aliphatic heterocycles. The second kappa shape index (κ2) is 8.86. The van der Waals surface area contributed by atoms with Crippen molar-refractivity contribution >= 4 is 12.0 Å². The number of pyridine rings is 1. The Morgan fingerprint density at radius 2 is 2.05 bits per heavy atom. The number of aromatic amines is 1. The van der Waals surface area contributed by atoms with Crippen LogP contribution in [0.3, 0.4) is 0 Å². The van der Waals surface area contributed by atoms with E-state index in [0.29, 0.717) is 24.5 Å². The molecule has 2 amide bonds. The molecule has 0 saturated carbocycles. The fourth-order valence-corrected chi connectivity index (χ4v) is 1.97. The molecule has 0 spiro atoms. The molecule has 0 aliphatic rings. The molecule has 1 aromatic heterocycles. The van der Waals surface area contributed by atoms with Crippen molar-refractivity contribution in [2.75, 3.05) is 13.2 Å². The van der Waals surface area contributed by atoms with Crippen LogP contribution in [0.25, 0.3) is 0 Å². The average molecular weight is 309 g/mol. The number of alkyl carbamates (subject to hydrolysis) is 1. The molecule has 0 aliphatic carbocycles. The van der Waals surface area contributed by atoms with Crippen LogP contribution in [-0.2, 0) is 4.74 Å². The van der Waals surface area contributed by atoms with Gasteiger partial charge in [0.15, 0.2) is 0 Å². The Morgan fingerprint density at radius 1 is 1.32 bits per heavy atom. The van der Waals surface area contributed by atoms with E-state index in [1.54, 1.807) is 6.92 Å². The first-order chi connectivity index (χ1) is 10.4. The number of carbonyl (C=O) groups excluding carboxylic acids is 2. The summed E-state index contributed by atoms with van der Waals surface area (Å²) in [7, 11) is 0. The molecule has 1 heterocycles. The quantitative estimate of drug-likeness (QED) is 0.706. The van der Waals surface area contributed by atoms with Gasteiger partial charge in [0, 0.05) is 24.8 Å². The third kappa shape index (κ3) is 6.43. The van der Waals surface area contributed by atoms with E-state index < -0.39 is 6.09 Å². The molecule has 7 heteroatoms. The minimum absolute atomic E-state index is 0.217. The predicted molar refractivity (Wildman–Crippen MR) is 82.8 cm³/mol. The van der Waals surface area contributed by atoms with Crippen molar-refractivity contribution < 1.29 is 14.3 Å². The highest BCUT2D eigenvalue weighted by Gasteiger charge is 2.16. The summed E-state index contributed by atoms with van der Waals surface area (Å²) in [6.07, 6.45) is 1.57. The van der Waals surface area contributed by atoms with Gasteiger partial charge in [-0.05, 0) is 25.3 Å². The maximum Gasteiger partial charge on any atom is 0.407 e. The molecule has 0 fully saturated rings. The number of H-pyrrole nitrogens is 1. The molecule has 22 heavy (non-hydrogen) atoms. The lowest BCUT2D eigenvalue weighted by atomic mass is 10.0. The van der Waals surface area contributed by atoms with Crippen molar-refractivity contribution in [1.29, 1.82) is 0 Å². The smallest absolute Gasteiger partial charge is 0.407 e. The van der Waals surface area contributed by atoms with Gasteiger partial charge in [-0.25, -0.2) is 4.79 Å². The Hall–Kier alpha value is -2.31. The van der Waals surface area contributed by atoms with E-state index in [2.05, 4.69) is 15.6 Å². The summed E-state index contributed by atoms with van der Waals surface area (Å²) in [6, 6.07) is 2.52. The lowest BCUT2D eigenvalue weighted by Gasteiger charge is -2.20. The number of rotatable bonds is 7. The van der Waals surface area contributed by atoms with Gasteiger partial charge in [0.1, 0.15) is 0 Å². The van der Waals surface area contributed by atoms with Crippen molar-refractivity contribution in [3.8, 4) is 0 Å². The molecule has 0 saturated heterocycles. The van der Waals surface area contributed by atoms with Gasteiger partial charge in [-0.3, -0.25) is 9.59 Å². The summed E-state index contributed by atoms with van der Waals surface area (Å²) in [5.74, 6) is 0.0487. The summed E-state index contributed by atoms with van der Waals surface area (Å²) in [5.41, 5.74) is 0.0947. The number of amides is 2. The summed E-state index contributed by atoms with van der Waals surface area (Å²) in [4.78, 5) is 36.9. The van der Waals surface area contributed by atoms with Crippen LogP contribution in [-0.4, -0.2) is 36.2 Å². The minimum atomic E-state index is -0.494. The Balaban J connectivity index is 2.57. The topological polar surface area (TPSA) is 100 Å². The zero-order valence-electron chi connectivity index (χ0n) is 13.1. The number of carbonyl (C=O) groups is 2. The summed E-state index contributed by atoms with van der Waals surface area (Å²) < 4.78 is 4.86. The molecular weight excluding hydrogens is 286 g/mol. The molecule has 122 valence electrons. The van der Waals surface area contributed by atoms with Crippen molar-refractivity contribution in [3.05, 3.63) is 34.2 Å². The van der Waals surface area contributed by atoms with Gasteiger partial charge in [-0.2, -0.15) is 0 Å². The zero-order chi connectivity index (χ0) is 16.5. The molecular formula is C15H23N3O4. The third-order valence-corrected chi connectivity index (χ3v) is 2.91. The zero-order valence-corrected chi connectivity index (χ0v) is 13.1. The van der Waals surface area contributed by atoms with Crippen molar-refractivity contribution in [3.63, 3.8) is 0 Å². The average Bonchev–Trinajstić information content (AvgIpc) is 2.45. The van der Waals surface area contributed by atoms with E-state index >= 15 is 0 Å². The Morgan fingerprint density at radius 3 is 2.59 bits per heavy atom. The molecule has 1 rings (SSSR count). The van der Waals surface area contributed by atoms with E-state index in [1.807, 2.05) is 13.8 Å². The second-order valence-corrected chi connectivity index (χ2v) is 5.34. The van der Waals surface area contributed by atoms with Crippen LogP contribution in [0.5, 0.6) is 0 Å². The lowest BCUT2D eigenvalue weighted by Crippen LogP contribution is -2.44. The van der Waals surface area contributed by atoms with E-state index in [-0.39, 0.29) is 24.1 Å². The molecule has 1 atom stereocenters. The van der Waals surface area contributed by atoms with Crippen molar-refractivity contribution in [1.82, 2.24) is 15.6 Å². The van der Waals surface area contributed by atoms with E-state index in [4.69, 9.17) is 4.74 Å². The van der Waals surface area contributed by atoms with Gasteiger partial charge in [-0.1, -0.05) is 13.8 Å². The van der Waals surface area contributed by atoms with Crippen LogP contribution < -0.4 is 16.2 Å². The fourth-order valence-electron chi connectivity index (χ4n) is 1.97. The number of nitrogens with one attached hydrogen (secondary N) is 3. The standard InChI is InChI=1S/C15H23N3O4/c1-4-22-15(21)18-12(7-10(2)3)9-17-14(20)11-5-6-13(19)16-8-11/h5-6,8,10,12H,4,7,9H2,1-3H3,(H,16,19)(H,17,20)(H,18,21). The Kier molecular flexibility index (Phi) is 7.15. The van der Waals surface area contributed by atoms with Gasteiger partial charge in [0.25, 0.3) is 5.91 Å². The predicted octanol–water partition coefficient (Wildman–Crippen LogP) is 1.27. The van der Waals surface area contributed by atoms with Crippen LogP contribution in [0.1, 0.15) is 37.6 Å². The van der Waals surface area contributed by atoms with Gasteiger partial charge in [0.2, 0.25) is 5.56 Å². The summed E-state index contributed by atoms with van der Waals surface area (Å²) in [5, 5.41) is 5.47. The van der Waals surface area contributed by atoms with Gasteiger partial charge in [0.05, 0.1) is 12.2 Å². The maximum atomic E-state index is 12.0. The lowest BCUT2D eigenvalue weighted by molar-refractivity contribution is 0.0944. The van der Waals surface area contributed by atoms with Crippen LogP contribution >= 0.6 is 0 Å². The Bertz CT molecular complexity index is 533. The van der Waals surface area contributed by atoms with Gasteiger partial charge in [-0.15, -0.1) is 0 Å². The molecule has 3 N–H and O–H groups in total. The molecule has 0 radical (unpaired) electrons. The number of hydrogen-bond donors (Lipinski definition) is 3. The largest absolute Gasteiger partial charge is 0.450 e. The minimum Gasteiger partial charge on any atom is -0.450 e. The number of aromatic nitrogens is 1. The van der Waals surface area contributed by atoms with E-state index in [9.17, 15) is 14.4 Å². The highest BCUT2D eigenvalue weighted by atomic mass is 16.5. The first kappa shape index (κ1) is 17.7. The van der Waals surface area contributed by atoms with Crippen molar-refractivity contribution in [2.45, 2.75) is 33.2 Å². The second-order valence-electron chi connectivity index (χ2n) is 5.34. The first-order valence-corrected chi connectivity index (χ1v) is 7.32. The number of ether oxygens (including phenoxy) is 1. The van der Waals surface area contributed by atoms with Crippen LogP contribution in [0.2, 0.25) is 0 Å². The fraction of sp³-hybridized carbons (Fsp3) is 0.533. The third-order valence-electron chi connectivity index (χ3n) is 2.91. The summed E-state index contributed by atoms with van der Waals surface area (Å²) >= 11 is 0. The monoisotopic (exact) mass is 309 g/mol. The van der Waals surface area contributed by atoms with Crippen molar-refractivity contribution in [2.24, 2.45) is 5.92 Å². The SMILES string of the molecule is CCOC(=O)NC(CNC(=O)c1ccc(=O)[nH]c1)CC(C)C. The summed E-state index contributed by atoms with van der Waals surface area (Å²) in [6.45, 7) is 6.38. The highest BCUT2D eigenvalue weighted by Crippen LogP contribution is 2.05. The van der Waals surface area contributed by atoms with E-state index in [0.717, 1.165) is 0 Å². The first-order valence-electron chi connectivity index (χ1n) is 7.32. The normalized spacial score (nSPS) is 11.8. The van der Waals surface area contributed by atoms with Gasteiger partial charge < -0.3 is 20.4 Å². The molecule has 0 bridgehead atoms. The molecule has 7 nitrogen and oxygen atoms in total. The molecule has 1 unspecified atom stereocenters. The van der Waals surface area contributed by atoms with Crippen LogP contribution in [0.15, 0.2) is 23.1 Å². The van der Waals surface area contributed by atoms with Crippen LogP contribution in [0, 0.1) is 5.92 Å².